The molecule has 0 saturated carbocycles. The summed E-state index contributed by atoms with van der Waals surface area (Å²) >= 11 is 0. The number of anilines is 1. The van der Waals surface area contributed by atoms with Gasteiger partial charge in [-0.15, -0.1) is 4.99 Å². The summed E-state index contributed by atoms with van der Waals surface area (Å²) in [6.45, 7) is 9.97. The van der Waals surface area contributed by atoms with Gasteiger partial charge in [0.05, 0.1) is 10.6 Å². The molecule has 2 N–H and O–H groups in total. The number of aliphatic imine (C=N–C) groups is 1. The van der Waals surface area contributed by atoms with E-state index < -0.39 is 34.3 Å². The van der Waals surface area contributed by atoms with E-state index in [-0.39, 0.29) is 17.1 Å². The fraction of sp³-hybridized carbons (Fsp3) is 0.364. The number of amides is 2. The van der Waals surface area contributed by atoms with E-state index in [1.54, 1.807) is 53.7 Å². The zero-order valence-corrected chi connectivity index (χ0v) is 19.4. The number of guanidine groups is 1. The molecule has 0 unspecified atom stereocenters. The predicted molar refractivity (Wildman–Crippen MR) is 123 cm³/mol. The molecular formula is C22H27N5O6. The van der Waals surface area contributed by atoms with Crippen LogP contribution in [0.1, 0.15) is 41.5 Å². The van der Waals surface area contributed by atoms with E-state index in [4.69, 9.17) is 15.2 Å². The molecule has 0 radical (unpaired) electrons. The van der Waals surface area contributed by atoms with Crippen molar-refractivity contribution in [1.29, 1.82) is 0 Å². The minimum atomic E-state index is -0.995. The van der Waals surface area contributed by atoms with Gasteiger partial charge in [0, 0.05) is 17.8 Å². The van der Waals surface area contributed by atoms with E-state index in [0.717, 1.165) is 4.90 Å². The van der Waals surface area contributed by atoms with Crippen molar-refractivity contribution in [3.8, 4) is 11.3 Å². The van der Waals surface area contributed by atoms with Gasteiger partial charge in [0.1, 0.15) is 16.9 Å². The van der Waals surface area contributed by atoms with Gasteiger partial charge in [-0.05, 0) is 59.7 Å². The second kappa shape index (κ2) is 9.63. The van der Waals surface area contributed by atoms with Gasteiger partial charge in [0.25, 0.3) is 5.69 Å². The van der Waals surface area contributed by atoms with Crippen LogP contribution in [-0.2, 0) is 9.47 Å². The number of nitro groups is 1. The molecule has 1 aromatic carbocycles. The van der Waals surface area contributed by atoms with Gasteiger partial charge in [-0.1, -0.05) is 12.1 Å². The normalized spacial score (nSPS) is 12.1. The lowest BCUT2D eigenvalue weighted by atomic mass is 10.1. The molecule has 2 aromatic rings. The molecule has 11 nitrogen and oxygen atoms in total. The van der Waals surface area contributed by atoms with E-state index in [1.807, 2.05) is 0 Å². The summed E-state index contributed by atoms with van der Waals surface area (Å²) in [7, 11) is 0. The fourth-order valence-corrected chi connectivity index (χ4v) is 2.63. The van der Waals surface area contributed by atoms with E-state index in [1.165, 1.54) is 30.5 Å². The molecule has 0 fully saturated rings. The summed E-state index contributed by atoms with van der Waals surface area (Å²) in [5.74, 6) is -0.494. The maximum absolute atomic E-state index is 13.0. The summed E-state index contributed by atoms with van der Waals surface area (Å²) in [5.41, 5.74) is 4.69. The van der Waals surface area contributed by atoms with Crippen LogP contribution in [0.15, 0.2) is 47.6 Å². The average molecular weight is 457 g/mol. The molecule has 0 aliphatic carbocycles. The second-order valence-electron chi connectivity index (χ2n) is 8.94. The van der Waals surface area contributed by atoms with E-state index in [2.05, 4.69) is 9.98 Å². The number of carbonyl (C=O) groups excluding carboxylic acids is 2. The Labute approximate surface area is 191 Å². The number of carbonyl (C=O) groups is 2. The van der Waals surface area contributed by atoms with E-state index >= 15 is 0 Å². The molecule has 0 saturated heterocycles. The van der Waals surface area contributed by atoms with Crippen LogP contribution >= 0.6 is 0 Å². The Bertz CT molecular complexity index is 1090. The summed E-state index contributed by atoms with van der Waals surface area (Å²) in [6, 6.07) is 8.88. The largest absolute Gasteiger partial charge is 0.443 e. The molecule has 2 amide bonds. The highest BCUT2D eigenvalue weighted by Gasteiger charge is 2.28. The number of nitrogens with two attached hydrogens (primary N) is 1. The molecule has 1 heterocycles. The Morgan fingerprint density at radius 2 is 1.70 bits per heavy atom. The number of benzene rings is 1. The Morgan fingerprint density at radius 3 is 2.27 bits per heavy atom. The third-order valence-electron chi connectivity index (χ3n) is 3.77. The van der Waals surface area contributed by atoms with Crippen molar-refractivity contribution in [2.75, 3.05) is 4.90 Å². The number of ether oxygens (including phenoxy) is 2. The Kier molecular flexibility index (Phi) is 7.37. The maximum atomic E-state index is 13.0. The van der Waals surface area contributed by atoms with Crippen molar-refractivity contribution in [1.82, 2.24) is 4.98 Å². The highest BCUT2D eigenvalue weighted by Crippen LogP contribution is 2.30. The smallest absolute Gasteiger partial charge is 0.437 e. The SMILES string of the molecule is CC(C)(C)OC(=O)N=C(N)N(C(=O)OC(C)(C)C)c1cccc(-c2ncccc2[N+](=O)[O-])c1. The molecule has 33 heavy (non-hydrogen) atoms. The Balaban J connectivity index is 2.57. The van der Waals surface area contributed by atoms with Gasteiger partial charge in [0.2, 0.25) is 5.96 Å². The standard InChI is InChI=1S/C22H27N5O6/c1-21(2,3)32-19(28)25-18(23)26(20(29)33-22(4,5)6)15-10-7-9-14(13-15)17-16(27(30)31)11-8-12-24-17/h7-13H,1-6H3,(H2,23,25,28). The highest BCUT2D eigenvalue weighted by molar-refractivity contribution is 6.15. The molecule has 0 atom stereocenters. The quantitative estimate of drug-likeness (QED) is 0.303. The Hall–Kier alpha value is -4.02. The lowest BCUT2D eigenvalue weighted by Gasteiger charge is -2.27. The number of aromatic nitrogens is 1. The van der Waals surface area contributed by atoms with Crippen LogP contribution in [0, 0.1) is 10.1 Å². The summed E-state index contributed by atoms with van der Waals surface area (Å²) in [4.78, 5) is 44.6. The van der Waals surface area contributed by atoms with Crippen molar-refractivity contribution >= 4 is 29.5 Å². The summed E-state index contributed by atoms with van der Waals surface area (Å²) in [6.07, 6.45) is -0.482. The topological polar surface area (TPSA) is 150 Å². The van der Waals surface area contributed by atoms with Crippen LogP contribution in [0.2, 0.25) is 0 Å². The van der Waals surface area contributed by atoms with Crippen LogP contribution in [0.3, 0.4) is 0 Å². The molecule has 0 aliphatic heterocycles. The molecule has 0 bridgehead atoms. The lowest BCUT2D eigenvalue weighted by Crippen LogP contribution is -2.45. The Morgan fingerprint density at radius 1 is 1.06 bits per heavy atom. The maximum Gasteiger partial charge on any atom is 0.437 e. The van der Waals surface area contributed by atoms with Gasteiger partial charge in [0.15, 0.2) is 0 Å². The van der Waals surface area contributed by atoms with E-state index in [0.29, 0.717) is 5.56 Å². The number of hydrogen-bond donors (Lipinski definition) is 1. The molecule has 1 aromatic heterocycles. The van der Waals surface area contributed by atoms with Crippen LogP contribution in [0.4, 0.5) is 21.0 Å². The van der Waals surface area contributed by atoms with Crippen molar-refractivity contribution in [2.45, 2.75) is 52.7 Å². The molecule has 2 rings (SSSR count). The van der Waals surface area contributed by atoms with Gasteiger partial charge < -0.3 is 15.2 Å². The monoisotopic (exact) mass is 457 g/mol. The molecular weight excluding hydrogens is 430 g/mol. The number of nitrogens with zero attached hydrogens (tertiary/aromatic N) is 4. The van der Waals surface area contributed by atoms with Crippen LogP contribution in [0.5, 0.6) is 0 Å². The van der Waals surface area contributed by atoms with Gasteiger partial charge in [-0.25, -0.2) is 19.5 Å². The lowest BCUT2D eigenvalue weighted by molar-refractivity contribution is -0.384. The van der Waals surface area contributed by atoms with Crippen molar-refractivity contribution < 1.29 is 24.0 Å². The van der Waals surface area contributed by atoms with Crippen LogP contribution in [0.25, 0.3) is 11.3 Å². The van der Waals surface area contributed by atoms with Gasteiger partial charge in [-0.3, -0.25) is 10.1 Å². The zero-order valence-electron chi connectivity index (χ0n) is 19.4. The first-order chi connectivity index (χ1) is 15.2. The first kappa shape index (κ1) is 25.2. The molecule has 11 heteroatoms. The van der Waals surface area contributed by atoms with E-state index in [9.17, 15) is 19.7 Å². The van der Waals surface area contributed by atoms with Crippen molar-refractivity contribution in [3.63, 3.8) is 0 Å². The van der Waals surface area contributed by atoms with Crippen LogP contribution in [-0.4, -0.2) is 39.3 Å². The predicted octanol–water partition coefficient (Wildman–Crippen LogP) is 4.65. The van der Waals surface area contributed by atoms with Crippen molar-refractivity contribution in [3.05, 3.63) is 52.7 Å². The molecule has 0 aliphatic rings. The summed E-state index contributed by atoms with van der Waals surface area (Å²) < 4.78 is 10.6. The summed E-state index contributed by atoms with van der Waals surface area (Å²) in [5, 5.41) is 11.4. The van der Waals surface area contributed by atoms with Gasteiger partial charge >= 0.3 is 12.2 Å². The minimum absolute atomic E-state index is 0.0936. The first-order valence-corrected chi connectivity index (χ1v) is 9.98. The number of rotatable bonds is 3. The first-order valence-electron chi connectivity index (χ1n) is 9.98. The minimum Gasteiger partial charge on any atom is -0.443 e. The van der Waals surface area contributed by atoms with Crippen LogP contribution < -0.4 is 10.6 Å². The fourth-order valence-electron chi connectivity index (χ4n) is 2.63. The second-order valence-corrected chi connectivity index (χ2v) is 8.94. The zero-order chi connectivity index (χ0) is 25.0. The molecule has 0 spiro atoms. The third-order valence-corrected chi connectivity index (χ3v) is 3.77. The van der Waals surface area contributed by atoms with Crippen molar-refractivity contribution in [2.24, 2.45) is 10.7 Å². The highest BCUT2D eigenvalue weighted by atomic mass is 16.6. The van der Waals surface area contributed by atoms with Gasteiger partial charge in [-0.2, -0.15) is 0 Å². The molecule has 176 valence electrons. The number of hydrogen-bond acceptors (Lipinski definition) is 7. The third kappa shape index (κ3) is 7.27. The number of pyridine rings is 1. The average Bonchev–Trinajstić information content (AvgIpc) is 2.65.